The topological polar surface area (TPSA) is 92.6 Å². The SMILES string of the molecule is CC1=CC=CN(N)C1.O=[N+]([O-])O. The summed E-state index contributed by atoms with van der Waals surface area (Å²) in [5, 5.41) is 15.3. The number of nitrogens with two attached hydrogens (primary N) is 1. The standard InChI is InChI=1S/C6H10N2.HNO3/c1-6-3-2-4-8(7)5-6;2-1(3)4/h2-4H,5,7H2,1H3;(H,2,3,4). The lowest BCUT2D eigenvalue weighted by atomic mass is 10.2. The number of hydrogen-bond acceptors (Lipinski definition) is 4. The molecule has 0 saturated heterocycles. The highest BCUT2D eigenvalue weighted by Gasteiger charge is 1.95. The van der Waals surface area contributed by atoms with Crippen molar-refractivity contribution in [3.8, 4) is 0 Å². The Morgan fingerprint density at radius 3 is 2.58 bits per heavy atom. The number of rotatable bonds is 0. The molecular formula is C6H11N3O3. The van der Waals surface area contributed by atoms with Crippen LogP contribution in [-0.2, 0) is 0 Å². The van der Waals surface area contributed by atoms with Crippen molar-refractivity contribution in [3.63, 3.8) is 0 Å². The molecule has 1 heterocycles. The molecule has 0 aromatic carbocycles. The quantitative estimate of drug-likeness (QED) is 0.312. The van der Waals surface area contributed by atoms with Gasteiger partial charge >= 0.3 is 0 Å². The molecule has 0 saturated carbocycles. The van der Waals surface area contributed by atoms with Crippen molar-refractivity contribution in [2.24, 2.45) is 5.84 Å². The lowest BCUT2D eigenvalue weighted by Gasteiger charge is -2.15. The van der Waals surface area contributed by atoms with E-state index in [0.29, 0.717) is 0 Å². The van der Waals surface area contributed by atoms with Crippen molar-refractivity contribution in [2.75, 3.05) is 6.54 Å². The molecule has 6 nitrogen and oxygen atoms in total. The van der Waals surface area contributed by atoms with Crippen LogP contribution in [0, 0.1) is 10.1 Å². The molecule has 0 atom stereocenters. The van der Waals surface area contributed by atoms with Crippen LogP contribution < -0.4 is 5.84 Å². The van der Waals surface area contributed by atoms with E-state index in [9.17, 15) is 0 Å². The van der Waals surface area contributed by atoms with E-state index in [-0.39, 0.29) is 0 Å². The van der Waals surface area contributed by atoms with Crippen LogP contribution in [0.4, 0.5) is 0 Å². The molecule has 0 radical (unpaired) electrons. The second-order valence-corrected chi connectivity index (χ2v) is 2.26. The van der Waals surface area contributed by atoms with E-state index in [1.807, 2.05) is 12.3 Å². The Kier molecular flexibility index (Phi) is 4.47. The van der Waals surface area contributed by atoms with Gasteiger partial charge in [-0.25, -0.2) is 5.84 Å². The van der Waals surface area contributed by atoms with E-state index < -0.39 is 5.09 Å². The van der Waals surface area contributed by atoms with Gasteiger partial charge in [0.2, 0.25) is 0 Å². The lowest BCUT2D eigenvalue weighted by molar-refractivity contribution is -0.742. The van der Waals surface area contributed by atoms with Crippen LogP contribution in [0.1, 0.15) is 6.92 Å². The van der Waals surface area contributed by atoms with E-state index in [1.54, 1.807) is 5.01 Å². The summed E-state index contributed by atoms with van der Waals surface area (Å²) in [5.74, 6) is 5.43. The van der Waals surface area contributed by atoms with E-state index in [4.69, 9.17) is 21.2 Å². The predicted molar refractivity (Wildman–Crippen MR) is 42.6 cm³/mol. The van der Waals surface area contributed by atoms with Crippen LogP contribution in [-0.4, -0.2) is 21.8 Å². The summed E-state index contributed by atoms with van der Waals surface area (Å²) in [6.45, 7) is 2.92. The van der Waals surface area contributed by atoms with Gasteiger partial charge in [0.15, 0.2) is 0 Å². The zero-order valence-corrected chi connectivity index (χ0v) is 6.67. The Hall–Kier alpha value is -1.56. The molecule has 6 heteroatoms. The second-order valence-electron chi connectivity index (χ2n) is 2.26. The molecular weight excluding hydrogens is 162 g/mol. The van der Waals surface area contributed by atoms with Crippen LogP contribution in [0.3, 0.4) is 0 Å². The Bertz CT molecular complexity index is 208. The fraction of sp³-hybridized carbons (Fsp3) is 0.333. The molecule has 0 aliphatic carbocycles. The third kappa shape index (κ3) is 6.56. The van der Waals surface area contributed by atoms with Crippen molar-refractivity contribution in [3.05, 3.63) is 34.0 Å². The number of allylic oxidation sites excluding steroid dienone is 2. The summed E-state index contributed by atoms with van der Waals surface area (Å²) in [4.78, 5) is 8.36. The molecule has 3 N–H and O–H groups in total. The lowest BCUT2D eigenvalue weighted by Crippen LogP contribution is -2.27. The van der Waals surface area contributed by atoms with Gasteiger partial charge in [-0.2, -0.15) is 0 Å². The minimum absolute atomic E-state index is 0.858. The van der Waals surface area contributed by atoms with Gasteiger partial charge in [0.25, 0.3) is 5.09 Å². The smallest absolute Gasteiger partial charge is 0.291 e. The van der Waals surface area contributed by atoms with E-state index in [1.165, 1.54) is 5.57 Å². The minimum Gasteiger partial charge on any atom is -0.328 e. The summed E-state index contributed by atoms with van der Waals surface area (Å²) in [6.07, 6.45) is 5.86. The minimum atomic E-state index is -1.50. The Balaban J connectivity index is 0.000000261. The molecule has 1 aliphatic heterocycles. The summed E-state index contributed by atoms with van der Waals surface area (Å²) >= 11 is 0. The van der Waals surface area contributed by atoms with E-state index in [0.717, 1.165) is 6.54 Å². The van der Waals surface area contributed by atoms with Crippen molar-refractivity contribution in [1.82, 2.24) is 5.01 Å². The van der Waals surface area contributed by atoms with E-state index in [2.05, 4.69) is 13.0 Å². The number of hydrogen-bond donors (Lipinski definition) is 2. The molecule has 12 heavy (non-hydrogen) atoms. The second kappa shape index (κ2) is 5.14. The van der Waals surface area contributed by atoms with Crippen molar-refractivity contribution >= 4 is 0 Å². The first-order chi connectivity index (χ1) is 5.52. The summed E-state index contributed by atoms with van der Waals surface area (Å²) < 4.78 is 0. The first-order valence-corrected chi connectivity index (χ1v) is 3.21. The summed E-state index contributed by atoms with van der Waals surface area (Å²) in [6, 6.07) is 0. The van der Waals surface area contributed by atoms with Crippen molar-refractivity contribution in [2.45, 2.75) is 6.92 Å². The van der Waals surface area contributed by atoms with Crippen LogP contribution in [0.15, 0.2) is 23.9 Å². The zero-order chi connectivity index (χ0) is 9.56. The predicted octanol–water partition coefficient (Wildman–Crippen LogP) is 0.288. The molecule has 0 aromatic rings. The summed E-state index contributed by atoms with van der Waals surface area (Å²) in [5.41, 5.74) is 1.30. The van der Waals surface area contributed by atoms with Gasteiger partial charge in [-0.1, -0.05) is 11.6 Å². The number of hydrazine groups is 1. The van der Waals surface area contributed by atoms with Crippen LogP contribution in [0.25, 0.3) is 0 Å². The first kappa shape index (κ1) is 10.4. The van der Waals surface area contributed by atoms with Gasteiger partial charge < -0.3 is 10.2 Å². The molecule has 0 spiro atoms. The largest absolute Gasteiger partial charge is 0.328 e. The van der Waals surface area contributed by atoms with Crippen molar-refractivity contribution in [1.29, 1.82) is 0 Å². The fourth-order valence-corrected chi connectivity index (χ4v) is 0.711. The maximum atomic E-state index is 8.36. The third-order valence-corrected chi connectivity index (χ3v) is 1.09. The molecule has 1 rings (SSSR count). The zero-order valence-electron chi connectivity index (χ0n) is 6.67. The fourth-order valence-electron chi connectivity index (χ4n) is 0.711. The molecule has 1 aliphatic rings. The van der Waals surface area contributed by atoms with Gasteiger partial charge in [-0.3, -0.25) is 0 Å². The van der Waals surface area contributed by atoms with Gasteiger partial charge in [0.05, 0.1) is 6.54 Å². The van der Waals surface area contributed by atoms with Gasteiger partial charge in [-0.05, 0) is 13.0 Å². The van der Waals surface area contributed by atoms with Gasteiger partial charge in [0, 0.05) is 6.20 Å². The molecule has 0 unspecified atom stereocenters. The highest BCUT2D eigenvalue weighted by atomic mass is 16.9. The highest BCUT2D eigenvalue weighted by Crippen LogP contribution is 2.00. The third-order valence-electron chi connectivity index (χ3n) is 1.09. The van der Waals surface area contributed by atoms with Gasteiger partial charge in [-0.15, -0.1) is 10.1 Å². The Morgan fingerprint density at radius 2 is 2.33 bits per heavy atom. The first-order valence-electron chi connectivity index (χ1n) is 3.21. The van der Waals surface area contributed by atoms with Gasteiger partial charge in [0.1, 0.15) is 0 Å². The average Bonchev–Trinajstić information content (AvgIpc) is 1.84. The molecule has 68 valence electrons. The van der Waals surface area contributed by atoms with E-state index >= 15 is 0 Å². The normalized spacial score (nSPS) is 14.5. The number of nitrogens with zero attached hydrogens (tertiary/aromatic N) is 2. The molecule has 0 bridgehead atoms. The molecule has 0 aromatic heterocycles. The highest BCUT2D eigenvalue weighted by molar-refractivity contribution is 5.15. The van der Waals surface area contributed by atoms with Crippen molar-refractivity contribution < 1.29 is 10.3 Å². The Morgan fingerprint density at radius 1 is 1.83 bits per heavy atom. The van der Waals surface area contributed by atoms with Crippen LogP contribution >= 0.6 is 0 Å². The molecule has 0 amide bonds. The van der Waals surface area contributed by atoms with Crippen LogP contribution in [0.5, 0.6) is 0 Å². The molecule has 0 fully saturated rings. The Labute approximate surface area is 69.7 Å². The summed E-state index contributed by atoms with van der Waals surface area (Å²) in [7, 11) is 0. The average molecular weight is 173 g/mol. The van der Waals surface area contributed by atoms with Crippen LogP contribution in [0.2, 0.25) is 0 Å². The monoisotopic (exact) mass is 173 g/mol. The maximum Gasteiger partial charge on any atom is 0.291 e. The maximum absolute atomic E-state index is 8.36.